The van der Waals surface area contributed by atoms with Crippen molar-refractivity contribution in [2.24, 2.45) is 0 Å². The lowest BCUT2D eigenvalue weighted by molar-refractivity contribution is -0.118. The lowest BCUT2D eigenvalue weighted by atomic mass is 10.1. The average molecular weight is 261 g/mol. The number of nitrogens with one attached hydrogen (secondary N) is 2. The van der Waals surface area contributed by atoms with E-state index in [9.17, 15) is 9.59 Å². The predicted molar refractivity (Wildman–Crippen MR) is 74.6 cm³/mol. The highest BCUT2D eigenvalue weighted by Gasteiger charge is 2.02. The average Bonchev–Trinajstić information content (AvgIpc) is 2.42. The van der Waals surface area contributed by atoms with Gasteiger partial charge in [0.15, 0.2) is 0 Å². The van der Waals surface area contributed by atoms with E-state index >= 15 is 0 Å². The fourth-order valence-electron chi connectivity index (χ4n) is 1.83. The minimum Gasteiger partial charge on any atom is -0.352 e. The second-order valence-corrected chi connectivity index (χ2v) is 4.56. The molecule has 4 nitrogen and oxygen atoms in total. The van der Waals surface area contributed by atoms with Crippen molar-refractivity contribution in [3.05, 3.63) is 35.9 Å². The van der Waals surface area contributed by atoms with Gasteiger partial charge in [-0.2, -0.15) is 0 Å². The van der Waals surface area contributed by atoms with Crippen molar-refractivity contribution in [2.45, 2.75) is 38.5 Å². The van der Waals surface area contributed by atoms with E-state index < -0.39 is 5.91 Å². The molecule has 0 aliphatic carbocycles. The lowest BCUT2D eigenvalue weighted by Gasteiger charge is -2.05. The van der Waals surface area contributed by atoms with Gasteiger partial charge in [0, 0.05) is 18.5 Å². The molecule has 103 valence electrons. The van der Waals surface area contributed by atoms with Crippen LogP contribution in [0.2, 0.25) is 0 Å². The zero-order chi connectivity index (χ0) is 13.9. The highest BCUT2D eigenvalue weighted by molar-refractivity contribution is 5.94. The summed E-state index contributed by atoms with van der Waals surface area (Å²) in [5.74, 6) is -0.504. The summed E-state index contributed by atoms with van der Waals surface area (Å²) in [5, 5.41) is 2.89. The highest BCUT2D eigenvalue weighted by atomic mass is 16.1. The fourth-order valence-corrected chi connectivity index (χ4v) is 1.83. The Morgan fingerprint density at radius 3 is 2.26 bits per heavy atom. The number of benzene rings is 1. The molecule has 19 heavy (non-hydrogen) atoms. The minimum absolute atomic E-state index is 0.0274. The third-order valence-electron chi connectivity index (χ3n) is 2.90. The van der Waals surface area contributed by atoms with Gasteiger partial charge in [-0.15, -0.1) is 0 Å². The van der Waals surface area contributed by atoms with Gasteiger partial charge < -0.3 is 5.32 Å². The number of hydrogen-bond donors (Lipinski definition) is 1. The summed E-state index contributed by atoms with van der Waals surface area (Å²) in [6, 6.07) is 9.18. The van der Waals surface area contributed by atoms with E-state index in [2.05, 4.69) is 5.32 Å². The van der Waals surface area contributed by atoms with Crippen LogP contribution in [0.4, 0.5) is 0 Å². The minimum atomic E-state index is -0.477. The monoisotopic (exact) mass is 261 g/mol. The Morgan fingerprint density at radius 1 is 0.947 bits per heavy atom. The summed E-state index contributed by atoms with van der Waals surface area (Å²) in [4.78, 5) is 22.1. The van der Waals surface area contributed by atoms with Crippen molar-refractivity contribution in [1.29, 1.82) is 0 Å². The second kappa shape index (κ2) is 9.14. The van der Waals surface area contributed by atoms with Crippen LogP contribution >= 0.6 is 0 Å². The molecule has 0 spiro atoms. The Kier molecular flexibility index (Phi) is 7.32. The highest BCUT2D eigenvalue weighted by Crippen LogP contribution is 2.05. The van der Waals surface area contributed by atoms with E-state index in [1.807, 2.05) is 18.2 Å². The normalized spacial score (nSPS) is 10.1. The molecule has 0 bridgehead atoms. The van der Waals surface area contributed by atoms with Gasteiger partial charge in [0.1, 0.15) is 0 Å². The first-order valence-corrected chi connectivity index (χ1v) is 6.78. The largest absolute Gasteiger partial charge is 0.352 e. The maximum absolute atomic E-state index is 11.7. The Balaban J connectivity index is 1.99. The standard InChI is InChI=1S/C15H21N2O2/c16-14(18)11-7-2-1-3-8-12-17-15(19)13-9-5-4-6-10-13/h4-6,9-10,16H,1-3,7-8,11-12H2,(H,17,19). The van der Waals surface area contributed by atoms with Crippen LogP contribution < -0.4 is 11.1 Å². The van der Waals surface area contributed by atoms with Gasteiger partial charge in [0.05, 0.1) is 0 Å². The topological polar surface area (TPSA) is 70.0 Å². The second-order valence-electron chi connectivity index (χ2n) is 4.56. The van der Waals surface area contributed by atoms with Gasteiger partial charge in [-0.05, 0) is 25.0 Å². The molecule has 1 aromatic rings. The molecular weight excluding hydrogens is 240 g/mol. The van der Waals surface area contributed by atoms with Gasteiger partial charge in [0.2, 0.25) is 5.91 Å². The van der Waals surface area contributed by atoms with Gasteiger partial charge in [-0.1, -0.05) is 37.5 Å². The van der Waals surface area contributed by atoms with Crippen LogP contribution in [0, 0.1) is 0 Å². The van der Waals surface area contributed by atoms with E-state index in [0.717, 1.165) is 32.1 Å². The van der Waals surface area contributed by atoms with E-state index in [0.29, 0.717) is 18.5 Å². The maximum atomic E-state index is 11.7. The summed E-state index contributed by atoms with van der Waals surface area (Å²) < 4.78 is 0. The first-order chi connectivity index (χ1) is 9.20. The van der Waals surface area contributed by atoms with Crippen molar-refractivity contribution >= 4 is 11.8 Å². The molecule has 0 fully saturated rings. The zero-order valence-electron chi connectivity index (χ0n) is 11.2. The smallest absolute Gasteiger partial charge is 0.251 e. The number of hydrogen-bond acceptors (Lipinski definition) is 2. The van der Waals surface area contributed by atoms with Gasteiger partial charge in [0.25, 0.3) is 5.91 Å². The Morgan fingerprint density at radius 2 is 1.58 bits per heavy atom. The molecule has 0 unspecified atom stereocenters. The molecule has 0 heterocycles. The summed E-state index contributed by atoms with van der Waals surface area (Å²) in [6.07, 6.45) is 5.20. The third kappa shape index (κ3) is 7.24. The molecule has 2 amide bonds. The van der Waals surface area contributed by atoms with Crippen LogP contribution in [0.3, 0.4) is 0 Å². The maximum Gasteiger partial charge on any atom is 0.251 e. The summed E-state index contributed by atoms with van der Waals surface area (Å²) in [6.45, 7) is 0.686. The molecule has 0 saturated heterocycles. The molecule has 1 rings (SSSR count). The van der Waals surface area contributed by atoms with E-state index in [4.69, 9.17) is 5.73 Å². The van der Waals surface area contributed by atoms with Crippen molar-refractivity contribution in [3.63, 3.8) is 0 Å². The number of carbonyl (C=O) groups excluding carboxylic acids is 2. The Bertz CT molecular complexity index is 390. The Labute approximate surface area is 114 Å². The van der Waals surface area contributed by atoms with Gasteiger partial charge in [-0.25, -0.2) is 0 Å². The number of carbonyl (C=O) groups is 2. The van der Waals surface area contributed by atoms with E-state index in [-0.39, 0.29) is 5.91 Å². The molecule has 4 heteroatoms. The van der Waals surface area contributed by atoms with Crippen LogP contribution in [0.1, 0.15) is 48.9 Å². The number of rotatable bonds is 9. The zero-order valence-corrected chi connectivity index (χ0v) is 11.2. The van der Waals surface area contributed by atoms with Crippen LogP contribution in [-0.4, -0.2) is 18.4 Å². The number of unbranched alkanes of at least 4 members (excludes halogenated alkanes) is 4. The third-order valence-corrected chi connectivity index (χ3v) is 2.90. The van der Waals surface area contributed by atoms with Crippen LogP contribution in [-0.2, 0) is 4.79 Å². The first-order valence-electron chi connectivity index (χ1n) is 6.78. The Hall–Kier alpha value is -1.84. The SMILES string of the molecule is [NH]C(=O)CCCCCCCNC(=O)c1ccccc1. The molecule has 0 atom stereocenters. The summed E-state index contributed by atoms with van der Waals surface area (Å²) in [5.41, 5.74) is 7.46. The van der Waals surface area contributed by atoms with Crippen molar-refractivity contribution in [1.82, 2.24) is 11.1 Å². The summed E-state index contributed by atoms with van der Waals surface area (Å²) >= 11 is 0. The van der Waals surface area contributed by atoms with Crippen molar-refractivity contribution < 1.29 is 9.59 Å². The van der Waals surface area contributed by atoms with Gasteiger partial charge in [-0.3, -0.25) is 15.3 Å². The van der Waals surface area contributed by atoms with Crippen LogP contribution in [0.5, 0.6) is 0 Å². The van der Waals surface area contributed by atoms with Crippen LogP contribution in [0.15, 0.2) is 30.3 Å². The molecule has 1 radical (unpaired) electrons. The van der Waals surface area contributed by atoms with E-state index in [1.165, 1.54) is 0 Å². The van der Waals surface area contributed by atoms with Crippen molar-refractivity contribution in [2.75, 3.05) is 6.54 Å². The quantitative estimate of drug-likeness (QED) is 0.694. The molecule has 2 N–H and O–H groups in total. The molecular formula is C15H21N2O2. The number of amides is 2. The first kappa shape index (κ1) is 15.2. The van der Waals surface area contributed by atoms with Crippen LogP contribution in [0.25, 0.3) is 0 Å². The molecule has 0 aliphatic rings. The van der Waals surface area contributed by atoms with E-state index in [1.54, 1.807) is 12.1 Å². The molecule has 0 aliphatic heterocycles. The van der Waals surface area contributed by atoms with Gasteiger partial charge >= 0.3 is 0 Å². The molecule has 1 aromatic carbocycles. The fraction of sp³-hybridized carbons (Fsp3) is 0.467. The van der Waals surface area contributed by atoms with Crippen molar-refractivity contribution in [3.8, 4) is 0 Å². The molecule has 0 aromatic heterocycles. The lowest BCUT2D eigenvalue weighted by Crippen LogP contribution is -2.24. The molecule has 0 saturated carbocycles. The predicted octanol–water partition coefficient (Wildman–Crippen LogP) is 2.57. The summed E-state index contributed by atoms with van der Waals surface area (Å²) in [7, 11) is 0.